The molecule has 1 radical (unpaired) electrons. The zero-order valence-electron chi connectivity index (χ0n) is 11.5. The zero-order chi connectivity index (χ0) is 13.7. The molecule has 0 unspecified atom stereocenters. The molecule has 4 nitrogen and oxygen atoms in total. The van der Waals surface area contributed by atoms with Gasteiger partial charge in [-0.1, -0.05) is 25.7 Å². The second-order valence-electron chi connectivity index (χ2n) is 4.86. The minimum atomic E-state index is -0.376. The summed E-state index contributed by atoms with van der Waals surface area (Å²) in [4.78, 5) is 23.9. The van der Waals surface area contributed by atoms with Crippen LogP contribution in [0, 0.1) is 0 Å². The molecule has 3 amide bonds. The lowest BCUT2D eigenvalue weighted by Crippen LogP contribution is -2.39. The third-order valence-electron chi connectivity index (χ3n) is 2.73. The van der Waals surface area contributed by atoms with Crippen molar-refractivity contribution in [3.63, 3.8) is 0 Å². The molecule has 0 atom stereocenters. The van der Waals surface area contributed by atoms with Gasteiger partial charge in [-0.05, 0) is 18.9 Å². The Hall–Kier alpha value is -1.52. The van der Waals surface area contributed by atoms with Gasteiger partial charge in [0.1, 0.15) is 7.28 Å². The highest BCUT2D eigenvalue weighted by molar-refractivity contribution is 6.46. The molecule has 0 aromatic heterocycles. The molecule has 18 heavy (non-hydrogen) atoms. The number of amides is 3. The molecular weight excluding hydrogens is 227 g/mol. The Balaban J connectivity index is 2.63. The van der Waals surface area contributed by atoms with Crippen LogP contribution in [0.1, 0.15) is 33.6 Å². The number of hydrogen-bond donors (Lipinski definition) is 1. The van der Waals surface area contributed by atoms with Crippen LogP contribution in [0.4, 0.5) is 4.79 Å². The van der Waals surface area contributed by atoms with Gasteiger partial charge in [-0.25, -0.2) is 4.79 Å². The Labute approximate surface area is 109 Å². The van der Waals surface area contributed by atoms with E-state index < -0.39 is 0 Å². The SMILES string of the molecule is CC(=O)NC(=O)N(C)C1=CC=C([B]C(C)C)CC1. The topological polar surface area (TPSA) is 49.4 Å². The first-order valence-electron chi connectivity index (χ1n) is 6.20. The largest absolute Gasteiger partial charge is 0.327 e. The number of allylic oxidation sites excluding steroid dienone is 4. The van der Waals surface area contributed by atoms with Crippen LogP contribution in [0.5, 0.6) is 0 Å². The molecule has 0 fully saturated rings. The number of nitrogens with one attached hydrogen (secondary N) is 1. The predicted octanol–water partition coefficient (Wildman–Crippen LogP) is 2.27. The minimum absolute atomic E-state index is 0.340. The quantitative estimate of drug-likeness (QED) is 0.777. The molecule has 1 N–H and O–H groups in total. The lowest BCUT2D eigenvalue weighted by Gasteiger charge is -2.23. The van der Waals surface area contributed by atoms with Gasteiger partial charge < -0.3 is 4.90 Å². The summed E-state index contributed by atoms with van der Waals surface area (Å²) in [6.45, 7) is 5.62. The van der Waals surface area contributed by atoms with E-state index in [9.17, 15) is 9.59 Å². The van der Waals surface area contributed by atoms with E-state index in [1.54, 1.807) is 7.05 Å². The van der Waals surface area contributed by atoms with Gasteiger partial charge in [-0.15, -0.1) is 5.47 Å². The smallest absolute Gasteiger partial charge is 0.301 e. The molecule has 97 valence electrons. The molecule has 5 heteroatoms. The molecule has 1 aliphatic rings. The van der Waals surface area contributed by atoms with E-state index in [-0.39, 0.29) is 11.9 Å². The number of imide groups is 1. The third-order valence-corrected chi connectivity index (χ3v) is 2.73. The van der Waals surface area contributed by atoms with E-state index >= 15 is 0 Å². The third kappa shape index (κ3) is 4.39. The van der Waals surface area contributed by atoms with Crippen molar-refractivity contribution < 1.29 is 9.59 Å². The fourth-order valence-electron chi connectivity index (χ4n) is 1.85. The standard InChI is InChI=1S/C13H20BN2O2/c1-9(2)14-11-5-7-12(8-6-11)16(4)13(18)15-10(3)17/h5,7,9H,6,8H2,1-4H3,(H,15,17,18). The Kier molecular flexibility index (Phi) is 5.19. The van der Waals surface area contributed by atoms with Gasteiger partial charge in [0.15, 0.2) is 0 Å². The Morgan fingerprint density at radius 1 is 1.33 bits per heavy atom. The molecule has 0 aliphatic heterocycles. The van der Waals surface area contributed by atoms with Crippen molar-refractivity contribution >= 4 is 19.2 Å². The maximum absolute atomic E-state index is 11.6. The van der Waals surface area contributed by atoms with Crippen LogP contribution in [0.2, 0.25) is 5.82 Å². The van der Waals surface area contributed by atoms with Crippen molar-refractivity contribution in [2.75, 3.05) is 7.05 Å². The fourth-order valence-corrected chi connectivity index (χ4v) is 1.85. The van der Waals surface area contributed by atoms with E-state index in [4.69, 9.17) is 0 Å². The van der Waals surface area contributed by atoms with Crippen molar-refractivity contribution in [2.45, 2.75) is 39.4 Å². The summed E-state index contributed by atoms with van der Waals surface area (Å²) >= 11 is 0. The molecule has 0 spiro atoms. The van der Waals surface area contributed by atoms with Crippen LogP contribution in [0.25, 0.3) is 0 Å². The first kappa shape index (κ1) is 14.5. The normalized spacial score (nSPS) is 14.7. The van der Waals surface area contributed by atoms with E-state index in [2.05, 4.69) is 26.4 Å². The number of rotatable bonds is 3. The summed E-state index contributed by atoms with van der Waals surface area (Å²) in [7, 11) is 3.90. The number of carbonyl (C=O) groups is 2. The van der Waals surface area contributed by atoms with E-state index in [1.165, 1.54) is 17.3 Å². The van der Waals surface area contributed by atoms with Crippen LogP contribution < -0.4 is 5.32 Å². The van der Waals surface area contributed by atoms with Crippen LogP contribution in [0.3, 0.4) is 0 Å². The summed E-state index contributed by atoms with van der Waals surface area (Å²) in [5, 5.41) is 2.26. The van der Waals surface area contributed by atoms with Crippen LogP contribution >= 0.6 is 0 Å². The second-order valence-corrected chi connectivity index (χ2v) is 4.86. The van der Waals surface area contributed by atoms with Gasteiger partial charge in [0.25, 0.3) is 0 Å². The van der Waals surface area contributed by atoms with Gasteiger partial charge in [0.2, 0.25) is 5.91 Å². The molecule has 0 aromatic carbocycles. The maximum atomic E-state index is 11.6. The Morgan fingerprint density at radius 3 is 2.44 bits per heavy atom. The molecule has 0 bridgehead atoms. The van der Waals surface area contributed by atoms with Gasteiger partial charge in [-0.3, -0.25) is 10.1 Å². The fraction of sp³-hybridized carbons (Fsp3) is 0.538. The number of hydrogen-bond acceptors (Lipinski definition) is 2. The van der Waals surface area contributed by atoms with Gasteiger partial charge >= 0.3 is 6.03 Å². The maximum Gasteiger partial charge on any atom is 0.327 e. The van der Waals surface area contributed by atoms with Crippen molar-refractivity contribution in [2.24, 2.45) is 0 Å². The highest BCUT2D eigenvalue weighted by atomic mass is 16.2. The van der Waals surface area contributed by atoms with Gasteiger partial charge in [0.05, 0.1) is 0 Å². The summed E-state index contributed by atoms with van der Waals surface area (Å²) in [6.07, 6.45) is 5.73. The van der Waals surface area contributed by atoms with E-state index in [0.29, 0.717) is 5.82 Å². The lowest BCUT2D eigenvalue weighted by molar-refractivity contribution is -0.118. The molecule has 0 saturated carbocycles. The van der Waals surface area contributed by atoms with Crippen molar-refractivity contribution in [3.05, 3.63) is 23.3 Å². The second kappa shape index (κ2) is 6.43. The molecule has 0 saturated heterocycles. The monoisotopic (exact) mass is 247 g/mol. The number of carbonyl (C=O) groups excluding carboxylic acids is 2. The van der Waals surface area contributed by atoms with Crippen molar-refractivity contribution in [1.29, 1.82) is 0 Å². The lowest BCUT2D eigenvalue weighted by atomic mass is 9.58. The first-order chi connectivity index (χ1) is 8.40. The van der Waals surface area contributed by atoms with E-state index in [0.717, 1.165) is 18.5 Å². The van der Waals surface area contributed by atoms with Crippen LogP contribution in [-0.4, -0.2) is 31.2 Å². The summed E-state index contributed by atoms with van der Waals surface area (Å²) in [6, 6.07) is -0.376. The zero-order valence-corrected chi connectivity index (χ0v) is 11.5. The highest BCUT2D eigenvalue weighted by Crippen LogP contribution is 2.22. The molecular formula is C13H20BN2O2. The first-order valence-corrected chi connectivity index (χ1v) is 6.20. The summed E-state index contributed by atoms with van der Waals surface area (Å²) in [5.41, 5.74) is 2.23. The predicted molar refractivity (Wildman–Crippen MR) is 73.2 cm³/mol. The highest BCUT2D eigenvalue weighted by Gasteiger charge is 2.17. The molecule has 1 rings (SSSR count). The summed E-state index contributed by atoms with van der Waals surface area (Å²) < 4.78 is 0. The van der Waals surface area contributed by atoms with Crippen LogP contribution in [0.15, 0.2) is 23.3 Å². The van der Waals surface area contributed by atoms with Crippen molar-refractivity contribution in [1.82, 2.24) is 10.2 Å². The molecule has 1 aliphatic carbocycles. The minimum Gasteiger partial charge on any atom is -0.301 e. The van der Waals surface area contributed by atoms with Gasteiger partial charge in [0, 0.05) is 19.7 Å². The average molecular weight is 247 g/mol. The average Bonchev–Trinajstić information content (AvgIpc) is 2.27. The molecule has 0 heterocycles. The number of nitrogens with zero attached hydrogens (tertiary/aromatic N) is 1. The van der Waals surface area contributed by atoms with Crippen LogP contribution in [-0.2, 0) is 4.79 Å². The number of urea groups is 1. The Morgan fingerprint density at radius 2 is 2.00 bits per heavy atom. The summed E-state index contributed by atoms with van der Waals surface area (Å²) in [5.74, 6) is 0.192. The van der Waals surface area contributed by atoms with Gasteiger partial charge in [-0.2, -0.15) is 0 Å². The molecule has 0 aromatic rings. The van der Waals surface area contributed by atoms with E-state index in [1.807, 2.05) is 12.2 Å². The van der Waals surface area contributed by atoms with Crippen molar-refractivity contribution in [3.8, 4) is 0 Å². The Bertz CT molecular complexity index is 400.